The van der Waals surface area contributed by atoms with Crippen LogP contribution in [0, 0.1) is 5.92 Å². The molecule has 1 saturated carbocycles. The summed E-state index contributed by atoms with van der Waals surface area (Å²) in [5.41, 5.74) is 0.581. The van der Waals surface area contributed by atoms with Gasteiger partial charge in [-0.1, -0.05) is 23.2 Å². The second-order valence-corrected chi connectivity index (χ2v) is 4.00. The molecule has 76 valence electrons. The van der Waals surface area contributed by atoms with Gasteiger partial charge in [0, 0.05) is 5.92 Å². The van der Waals surface area contributed by atoms with Gasteiger partial charge in [-0.15, -0.1) is 10.2 Å². The van der Waals surface area contributed by atoms with Gasteiger partial charge in [-0.3, -0.25) is 0 Å². The molecule has 6 heteroatoms. The minimum absolute atomic E-state index is 0.169. The van der Waals surface area contributed by atoms with Gasteiger partial charge >= 0.3 is 0 Å². The minimum atomic E-state index is -2.30. The molecule has 2 nitrogen and oxygen atoms in total. The van der Waals surface area contributed by atoms with Gasteiger partial charge in [0.2, 0.25) is 6.43 Å². The lowest BCUT2D eigenvalue weighted by Gasteiger charge is -2.01. The summed E-state index contributed by atoms with van der Waals surface area (Å²) in [6.07, 6.45) is -1.86. The summed E-state index contributed by atoms with van der Waals surface area (Å²) in [5, 5.41) is 7.44. The van der Waals surface area contributed by atoms with Crippen molar-refractivity contribution in [2.24, 2.45) is 5.92 Å². The highest BCUT2D eigenvalue weighted by Crippen LogP contribution is 2.52. The molecule has 0 amide bonds. The van der Waals surface area contributed by atoms with E-state index in [9.17, 15) is 8.78 Å². The van der Waals surface area contributed by atoms with Crippen molar-refractivity contribution in [1.29, 1.82) is 0 Å². The van der Waals surface area contributed by atoms with Crippen molar-refractivity contribution in [3.8, 4) is 0 Å². The van der Waals surface area contributed by atoms with E-state index in [1.807, 2.05) is 0 Å². The van der Waals surface area contributed by atoms with Crippen molar-refractivity contribution in [2.45, 2.75) is 18.8 Å². The smallest absolute Gasteiger partial charge is 0.210 e. The van der Waals surface area contributed by atoms with Crippen molar-refractivity contribution >= 4 is 23.2 Å². The molecule has 2 atom stereocenters. The molecule has 0 radical (unpaired) electrons. The maximum absolute atomic E-state index is 12.3. The fourth-order valence-corrected chi connectivity index (χ4v) is 1.86. The zero-order valence-electron chi connectivity index (χ0n) is 6.92. The van der Waals surface area contributed by atoms with Crippen molar-refractivity contribution in [1.82, 2.24) is 10.2 Å². The molecule has 0 N–H and O–H groups in total. The number of nitrogens with zero attached hydrogens (tertiary/aromatic N) is 2. The zero-order chi connectivity index (χ0) is 10.3. The molecule has 0 aliphatic heterocycles. The standard InChI is InChI=1S/C8H6Cl2F2N2/c9-6-2-4(7(10)14-13-6)3-1-5(3)8(11)12/h2-3,5,8H,1H2/t3-,5+/m1/s1. The van der Waals surface area contributed by atoms with E-state index in [1.54, 1.807) is 0 Å². The summed E-state index contributed by atoms with van der Waals surface area (Å²) in [6, 6.07) is 1.50. The summed E-state index contributed by atoms with van der Waals surface area (Å²) >= 11 is 11.3. The minimum Gasteiger partial charge on any atom is -0.210 e. The third kappa shape index (κ3) is 1.81. The Hall–Kier alpha value is -0.480. The van der Waals surface area contributed by atoms with Gasteiger partial charge < -0.3 is 0 Å². The zero-order valence-corrected chi connectivity index (χ0v) is 8.43. The monoisotopic (exact) mass is 238 g/mol. The second-order valence-electron chi connectivity index (χ2n) is 3.25. The third-order valence-electron chi connectivity index (χ3n) is 2.31. The summed E-state index contributed by atoms with van der Waals surface area (Å²) < 4.78 is 24.6. The molecule has 14 heavy (non-hydrogen) atoms. The maximum atomic E-state index is 12.3. The highest BCUT2D eigenvalue weighted by molar-refractivity contribution is 6.31. The first-order valence-electron chi connectivity index (χ1n) is 4.06. The van der Waals surface area contributed by atoms with E-state index >= 15 is 0 Å². The first-order chi connectivity index (χ1) is 6.59. The molecule has 1 aliphatic rings. The lowest BCUT2D eigenvalue weighted by Crippen LogP contribution is -1.97. The first-order valence-corrected chi connectivity index (χ1v) is 4.82. The van der Waals surface area contributed by atoms with Crippen LogP contribution in [0.25, 0.3) is 0 Å². The van der Waals surface area contributed by atoms with Crippen molar-refractivity contribution in [3.05, 3.63) is 21.9 Å². The molecule has 0 spiro atoms. The predicted molar refractivity (Wildman–Crippen MR) is 48.9 cm³/mol. The van der Waals surface area contributed by atoms with Gasteiger partial charge in [0.15, 0.2) is 10.3 Å². The van der Waals surface area contributed by atoms with E-state index in [1.165, 1.54) is 6.07 Å². The van der Waals surface area contributed by atoms with E-state index in [2.05, 4.69) is 10.2 Å². The molecular formula is C8H6Cl2F2N2. The van der Waals surface area contributed by atoms with E-state index in [0.29, 0.717) is 12.0 Å². The van der Waals surface area contributed by atoms with Crippen molar-refractivity contribution in [3.63, 3.8) is 0 Å². The normalized spacial score (nSPS) is 25.5. The number of hydrogen-bond acceptors (Lipinski definition) is 2. The van der Waals surface area contributed by atoms with E-state index in [-0.39, 0.29) is 16.2 Å². The molecule has 0 bridgehead atoms. The fourth-order valence-electron chi connectivity index (χ4n) is 1.48. The average molecular weight is 239 g/mol. The number of alkyl halides is 2. The third-order valence-corrected chi connectivity index (χ3v) is 2.79. The van der Waals surface area contributed by atoms with E-state index in [4.69, 9.17) is 23.2 Å². The first kappa shape index (κ1) is 10.1. The Bertz CT molecular complexity index is 359. The number of halogens is 4. The SMILES string of the molecule is FC(F)[C@H]1C[C@@H]1c1cc(Cl)nnc1Cl. The van der Waals surface area contributed by atoms with E-state index < -0.39 is 12.3 Å². The van der Waals surface area contributed by atoms with Crippen molar-refractivity contribution in [2.75, 3.05) is 0 Å². The topological polar surface area (TPSA) is 25.8 Å². The molecule has 0 saturated heterocycles. The predicted octanol–water partition coefficient (Wildman–Crippen LogP) is 3.15. The van der Waals surface area contributed by atoms with Crippen LogP contribution in [0.3, 0.4) is 0 Å². The van der Waals surface area contributed by atoms with Crippen LogP contribution in [0.15, 0.2) is 6.07 Å². The lowest BCUT2D eigenvalue weighted by molar-refractivity contribution is 0.120. The number of aromatic nitrogens is 2. The summed E-state index contributed by atoms with van der Waals surface area (Å²) in [5.74, 6) is -0.816. The van der Waals surface area contributed by atoms with E-state index in [0.717, 1.165) is 0 Å². The quantitative estimate of drug-likeness (QED) is 0.792. The van der Waals surface area contributed by atoms with Crippen molar-refractivity contribution < 1.29 is 8.78 Å². The molecule has 0 aromatic carbocycles. The molecule has 1 aromatic rings. The van der Waals surface area contributed by atoms with Crippen LogP contribution in [0.5, 0.6) is 0 Å². The van der Waals surface area contributed by atoms with Crippen LogP contribution in [0.4, 0.5) is 8.78 Å². The Morgan fingerprint density at radius 1 is 1.36 bits per heavy atom. The summed E-state index contributed by atoms with van der Waals surface area (Å²) in [4.78, 5) is 0. The van der Waals surface area contributed by atoms with Crippen LogP contribution in [0.1, 0.15) is 17.9 Å². The highest BCUT2D eigenvalue weighted by Gasteiger charge is 2.46. The number of rotatable bonds is 2. The number of hydrogen-bond donors (Lipinski definition) is 0. The Labute approximate surface area is 89.2 Å². The second kappa shape index (κ2) is 3.59. The molecule has 2 rings (SSSR count). The van der Waals surface area contributed by atoms with Crippen LogP contribution < -0.4 is 0 Å². The highest BCUT2D eigenvalue weighted by atomic mass is 35.5. The van der Waals surface area contributed by atoms with Gasteiger partial charge in [-0.25, -0.2) is 8.78 Å². The molecule has 1 fully saturated rings. The van der Waals surface area contributed by atoms with Crippen LogP contribution in [-0.2, 0) is 0 Å². The van der Waals surface area contributed by atoms with Crippen LogP contribution in [0.2, 0.25) is 10.3 Å². The Balaban J connectivity index is 2.22. The molecule has 1 heterocycles. The van der Waals surface area contributed by atoms with Gasteiger partial charge in [0.1, 0.15) is 0 Å². The summed E-state index contributed by atoms with van der Waals surface area (Å²) in [6.45, 7) is 0. The molecular weight excluding hydrogens is 233 g/mol. The van der Waals surface area contributed by atoms with Gasteiger partial charge in [-0.2, -0.15) is 0 Å². The Morgan fingerprint density at radius 3 is 2.64 bits per heavy atom. The van der Waals surface area contributed by atoms with Gasteiger partial charge in [0.25, 0.3) is 0 Å². The largest absolute Gasteiger partial charge is 0.242 e. The molecule has 1 aliphatic carbocycles. The molecule has 1 aromatic heterocycles. The van der Waals surface area contributed by atoms with Crippen LogP contribution >= 0.6 is 23.2 Å². The lowest BCUT2D eigenvalue weighted by atomic mass is 10.2. The fraction of sp³-hybridized carbons (Fsp3) is 0.500. The van der Waals surface area contributed by atoms with Gasteiger partial charge in [-0.05, 0) is 24.0 Å². The average Bonchev–Trinajstić information content (AvgIpc) is 2.88. The summed E-state index contributed by atoms with van der Waals surface area (Å²) in [7, 11) is 0. The van der Waals surface area contributed by atoms with Crippen LogP contribution in [-0.4, -0.2) is 16.6 Å². The maximum Gasteiger partial charge on any atom is 0.242 e. The Kier molecular flexibility index (Phi) is 2.58. The molecule has 0 unspecified atom stereocenters. The van der Waals surface area contributed by atoms with Gasteiger partial charge in [0.05, 0.1) is 0 Å². The Morgan fingerprint density at radius 2 is 2.07 bits per heavy atom.